The summed E-state index contributed by atoms with van der Waals surface area (Å²) in [6.07, 6.45) is 0. The molecule has 88 valence electrons. The summed E-state index contributed by atoms with van der Waals surface area (Å²) in [6.45, 7) is 0.982. The van der Waals surface area contributed by atoms with Crippen LogP contribution in [0.15, 0.2) is 29.3 Å². The van der Waals surface area contributed by atoms with Gasteiger partial charge >= 0.3 is 0 Å². The van der Waals surface area contributed by atoms with E-state index < -0.39 is 0 Å². The number of halogens is 1. The van der Waals surface area contributed by atoms with E-state index in [1.165, 1.54) is 9.94 Å². The lowest BCUT2D eigenvalue weighted by molar-refractivity contribution is 0.414. The maximum absolute atomic E-state index is 5.11. The van der Waals surface area contributed by atoms with E-state index in [1.54, 1.807) is 7.11 Å². The Kier molecular flexibility index (Phi) is 6.09. The van der Waals surface area contributed by atoms with E-state index >= 15 is 0 Å². The zero-order valence-corrected chi connectivity index (χ0v) is 11.5. The zero-order chi connectivity index (χ0) is 10.5. The van der Waals surface area contributed by atoms with Gasteiger partial charge in [0.05, 0.1) is 13.7 Å². The minimum absolute atomic E-state index is 0. The Balaban J connectivity index is 0.00000128. The van der Waals surface area contributed by atoms with Crippen LogP contribution < -0.4 is 4.74 Å². The quantitative estimate of drug-likeness (QED) is 0.843. The average Bonchev–Trinajstić information content (AvgIpc) is 2.80. The molecule has 16 heavy (non-hydrogen) atoms. The molecule has 0 spiro atoms. The first kappa shape index (κ1) is 13.7. The standard InChI is InChI=1S/C11H13NOS2.ClH/c1-13-10-4-2-9(3-5-10)8-15-11-12-6-7-14-11;/h2-5H,6-8H2,1H3;1H. The van der Waals surface area contributed by atoms with Crippen LogP contribution in [-0.2, 0) is 5.75 Å². The van der Waals surface area contributed by atoms with Crippen LogP contribution in [0.3, 0.4) is 0 Å². The summed E-state index contributed by atoms with van der Waals surface area (Å²) in [4.78, 5) is 4.40. The molecule has 0 aromatic heterocycles. The molecule has 0 radical (unpaired) electrons. The van der Waals surface area contributed by atoms with Crippen LogP contribution >= 0.6 is 35.9 Å². The minimum Gasteiger partial charge on any atom is -0.497 e. The van der Waals surface area contributed by atoms with Crippen LogP contribution in [0.25, 0.3) is 0 Å². The molecule has 0 aliphatic carbocycles. The van der Waals surface area contributed by atoms with Crippen LogP contribution in [0.2, 0.25) is 0 Å². The Hall–Kier alpha value is -0.320. The Morgan fingerprint density at radius 2 is 2.12 bits per heavy atom. The van der Waals surface area contributed by atoms with Gasteiger partial charge in [0.1, 0.15) is 10.1 Å². The fraction of sp³-hybridized carbons (Fsp3) is 0.364. The lowest BCUT2D eigenvalue weighted by Gasteiger charge is -2.02. The smallest absolute Gasteiger partial charge is 0.124 e. The number of thioether (sulfide) groups is 2. The van der Waals surface area contributed by atoms with Crippen molar-refractivity contribution in [3.05, 3.63) is 29.8 Å². The summed E-state index contributed by atoms with van der Waals surface area (Å²) < 4.78 is 6.34. The number of aliphatic imine (C=N–C) groups is 1. The van der Waals surface area contributed by atoms with Crippen LogP contribution in [0.1, 0.15) is 5.56 Å². The Labute approximate surface area is 111 Å². The molecule has 5 heteroatoms. The molecular weight excluding hydrogens is 262 g/mol. The summed E-state index contributed by atoms with van der Waals surface area (Å²) in [6, 6.07) is 8.21. The highest BCUT2D eigenvalue weighted by Gasteiger charge is 2.07. The van der Waals surface area contributed by atoms with Gasteiger partial charge in [-0.25, -0.2) is 0 Å². The monoisotopic (exact) mass is 275 g/mol. The van der Waals surface area contributed by atoms with E-state index in [0.29, 0.717) is 0 Å². The summed E-state index contributed by atoms with van der Waals surface area (Å²) in [7, 11) is 1.69. The van der Waals surface area contributed by atoms with E-state index in [-0.39, 0.29) is 12.4 Å². The molecule has 0 amide bonds. The molecule has 2 rings (SSSR count). The molecule has 0 saturated heterocycles. The van der Waals surface area contributed by atoms with Crippen molar-refractivity contribution in [1.29, 1.82) is 0 Å². The molecule has 0 fully saturated rings. The highest BCUT2D eigenvalue weighted by molar-refractivity contribution is 8.38. The molecule has 1 aliphatic heterocycles. The molecule has 1 aromatic carbocycles. The number of benzene rings is 1. The van der Waals surface area contributed by atoms with Crippen LogP contribution in [0.5, 0.6) is 5.75 Å². The molecule has 1 heterocycles. The van der Waals surface area contributed by atoms with Crippen molar-refractivity contribution in [3.63, 3.8) is 0 Å². The van der Waals surface area contributed by atoms with Crippen molar-refractivity contribution in [3.8, 4) is 5.75 Å². The van der Waals surface area contributed by atoms with Gasteiger partial charge in [-0.05, 0) is 17.7 Å². The first-order valence-corrected chi connectivity index (χ1v) is 6.78. The fourth-order valence-corrected chi connectivity index (χ4v) is 3.23. The van der Waals surface area contributed by atoms with Gasteiger partial charge in [0.25, 0.3) is 0 Å². The number of ether oxygens (including phenoxy) is 1. The van der Waals surface area contributed by atoms with Gasteiger partial charge in [-0.2, -0.15) is 0 Å². The third-order valence-electron chi connectivity index (χ3n) is 2.08. The summed E-state index contributed by atoms with van der Waals surface area (Å²) >= 11 is 3.68. The number of nitrogens with zero attached hydrogens (tertiary/aromatic N) is 1. The van der Waals surface area contributed by atoms with Crippen molar-refractivity contribution < 1.29 is 4.74 Å². The van der Waals surface area contributed by atoms with E-state index in [4.69, 9.17) is 4.74 Å². The van der Waals surface area contributed by atoms with E-state index in [1.807, 2.05) is 35.7 Å². The second-order valence-corrected chi connectivity index (χ2v) is 5.44. The minimum atomic E-state index is 0. The molecule has 2 nitrogen and oxygen atoms in total. The van der Waals surface area contributed by atoms with Crippen LogP contribution in [0.4, 0.5) is 0 Å². The maximum atomic E-state index is 5.11. The number of methoxy groups -OCH3 is 1. The first-order chi connectivity index (χ1) is 7.38. The average molecular weight is 276 g/mol. The molecule has 0 N–H and O–H groups in total. The Morgan fingerprint density at radius 1 is 1.38 bits per heavy atom. The van der Waals surface area contributed by atoms with Gasteiger partial charge in [0.15, 0.2) is 0 Å². The molecule has 0 bridgehead atoms. The van der Waals surface area contributed by atoms with Crippen LogP contribution in [-0.4, -0.2) is 23.8 Å². The van der Waals surface area contributed by atoms with Gasteiger partial charge < -0.3 is 4.74 Å². The molecule has 0 atom stereocenters. The summed E-state index contributed by atoms with van der Waals surface area (Å²) in [5.74, 6) is 3.05. The number of hydrogen-bond donors (Lipinski definition) is 0. The number of rotatable bonds is 3. The molecular formula is C11H14ClNOS2. The van der Waals surface area contributed by atoms with Gasteiger partial charge in [0.2, 0.25) is 0 Å². The van der Waals surface area contributed by atoms with Crippen molar-refractivity contribution in [2.45, 2.75) is 5.75 Å². The van der Waals surface area contributed by atoms with Crippen molar-refractivity contribution in [1.82, 2.24) is 0 Å². The molecule has 0 unspecified atom stereocenters. The second kappa shape index (κ2) is 7.09. The van der Waals surface area contributed by atoms with E-state index in [0.717, 1.165) is 23.8 Å². The van der Waals surface area contributed by atoms with E-state index in [9.17, 15) is 0 Å². The third kappa shape index (κ3) is 3.92. The van der Waals surface area contributed by atoms with Crippen molar-refractivity contribution in [2.75, 3.05) is 19.4 Å². The topological polar surface area (TPSA) is 21.6 Å². The molecule has 0 saturated carbocycles. The fourth-order valence-electron chi connectivity index (χ4n) is 1.27. The summed E-state index contributed by atoms with van der Waals surface area (Å²) in [5.41, 5.74) is 1.32. The Bertz CT molecular complexity index is 354. The SMILES string of the molecule is COc1ccc(CSC2=NCCS2)cc1.Cl. The normalized spacial score (nSPS) is 14.2. The van der Waals surface area contributed by atoms with Gasteiger partial charge in [-0.15, -0.1) is 12.4 Å². The lowest BCUT2D eigenvalue weighted by Crippen LogP contribution is -1.86. The highest BCUT2D eigenvalue weighted by Crippen LogP contribution is 2.25. The zero-order valence-electron chi connectivity index (χ0n) is 9.01. The lowest BCUT2D eigenvalue weighted by atomic mass is 10.2. The van der Waals surface area contributed by atoms with Gasteiger partial charge in [-0.1, -0.05) is 35.7 Å². The second-order valence-electron chi connectivity index (χ2n) is 3.13. The van der Waals surface area contributed by atoms with Crippen LogP contribution in [0, 0.1) is 0 Å². The van der Waals surface area contributed by atoms with E-state index in [2.05, 4.69) is 17.1 Å². The molecule has 1 aliphatic rings. The van der Waals surface area contributed by atoms with Crippen molar-refractivity contribution in [2.24, 2.45) is 4.99 Å². The Morgan fingerprint density at radius 3 is 2.69 bits per heavy atom. The third-order valence-corrected chi connectivity index (χ3v) is 4.40. The van der Waals surface area contributed by atoms with Gasteiger partial charge in [-0.3, -0.25) is 4.99 Å². The highest BCUT2D eigenvalue weighted by atomic mass is 35.5. The predicted molar refractivity (Wildman–Crippen MR) is 76.3 cm³/mol. The van der Waals surface area contributed by atoms with Gasteiger partial charge in [0, 0.05) is 11.5 Å². The predicted octanol–water partition coefficient (Wildman–Crippen LogP) is 3.45. The number of hydrogen-bond acceptors (Lipinski definition) is 4. The van der Waals surface area contributed by atoms with Crippen molar-refractivity contribution >= 4 is 40.3 Å². The maximum Gasteiger partial charge on any atom is 0.124 e. The molecule has 1 aromatic rings. The first-order valence-electron chi connectivity index (χ1n) is 4.81. The summed E-state index contributed by atoms with van der Waals surface area (Å²) in [5, 5.41) is 0. The largest absolute Gasteiger partial charge is 0.497 e.